The van der Waals surface area contributed by atoms with Crippen molar-refractivity contribution >= 4 is 23.2 Å². The Balaban J connectivity index is 1.81. The summed E-state index contributed by atoms with van der Waals surface area (Å²) in [5.74, 6) is -0.244. The number of nitrogens with one attached hydrogen (secondary N) is 2. The molecular formula is C14H13F3N4O2. The van der Waals surface area contributed by atoms with E-state index in [1.165, 1.54) is 0 Å². The quantitative estimate of drug-likeness (QED) is 0.854. The van der Waals surface area contributed by atoms with Gasteiger partial charge >= 0.3 is 6.18 Å². The second-order valence-corrected chi connectivity index (χ2v) is 4.43. The summed E-state index contributed by atoms with van der Waals surface area (Å²) >= 11 is 0. The number of nitrogens with zero attached hydrogens (tertiary/aromatic N) is 2. The Morgan fingerprint density at radius 2 is 1.70 bits per heavy atom. The fraction of sp³-hybridized carbons (Fsp3) is 0.214. The van der Waals surface area contributed by atoms with Gasteiger partial charge in [0.15, 0.2) is 0 Å². The topological polar surface area (TPSA) is 76.1 Å². The van der Waals surface area contributed by atoms with Crippen LogP contribution in [0.3, 0.4) is 0 Å². The number of carbonyl (C=O) groups is 1. The van der Waals surface area contributed by atoms with Crippen molar-refractivity contribution in [3.05, 3.63) is 42.7 Å². The van der Waals surface area contributed by atoms with Crippen molar-refractivity contribution in [3.8, 4) is 0 Å². The molecule has 0 fully saturated rings. The lowest BCUT2D eigenvalue weighted by Crippen LogP contribution is -2.23. The third-order valence-corrected chi connectivity index (χ3v) is 2.49. The number of amides is 1. The van der Waals surface area contributed by atoms with Gasteiger partial charge in [-0.3, -0.25) is 4.79 Å². The molecule has 6 nitrogen and oxygen atoms in total. The Morgan fingerprint density at radius 3 is 2.30 bits per heavy atom. The molecule has 0 aliphatic carbocycles. The van der Waals surface area contributed by atoms with Crippen molar-refractivity contribution in [1.29, 1.82) is 0 Å². The summed E-state index contributed by atoms with van der Waals surface area (Å²) in [4.78, 5) is 19.4. The standard InChI is InChI=1S/C14H13F3N4O2/c15-14(16,17)9-23-8-12(22)20-10-2-4-11(5-3-10)21-13-18-6-1-7-19-13/h1-7H,8-9H2,(H,20,22)(H,18,19,21). The number of rotatable bonds is 6. The van der Waals surface area contributed by atoms with Crippen LogP contribution in [0.25, 0.3) is 0 Å². The zero-order valence-corrected chi connectivity index (χ0v) is 11.8. The van der Waals surface area contributed by atoms with Gasteiger partial charge < -0.3 is 15.4 Å². The van der Waals surface area contributed by atoms with Crippen LogP contribution in [0, 0.1) is 0 Å². The molecule has 1 heterocycles. The first-order valence-corrected chi connectivity index (χ1v) is 6.51. The summed E-state index contributed by atoms with van der Waals surface area (Å²) in [5.41, 5.74) is 1.13. The molecule has 2 aromatic rings. The summed E-state index contributed by atoms with van der Waals surface area (Å²) in [6.07, 6.45) is -1.27. The van der Waals surface area contributed by atoms with E-state index in [1.54, 1.807) is 42.7 Å². The van der Waals surface area contributed by atoms with Gasteiger partial charge in [0.2, 0.25) is 11.9 Å². The van der Waals surface area contributed by atoms with E-state index in [4.69, 9.17) is 0 Å². The molecule has 122 valence electrons. The van der Waals surface area contributed by atoms with Crippen LogP contribution in [0.4, 0.5) is 30.5 Å². The molecule has 0 saturated heterocycles. The number of alkyl halides is 3. The summed E-state index contributed by atoms with van der Waals surface area (Å²) in [5, 5.41) is 5.38. The lowest BCUT2D eigenvalue weighted by atomic mass is 10.3. The van der Waals surface area contributed by atoms with E-state index < -0.39 is 25.3 Å². The van der Waals surface area contributed by atoms with Crippen LogP contribution in [0.2, 0.25) is 0 Å². The first kappa shape index (κ1) is 16.7. The van der Waals surface area contributed by atoms with E-state index in [9.17, 15) is 18.0 Å². The van der Waals surface area contributed by atoms with Crippen molar-refractivity contribution in [2.24, 2.45) is 0 Å². The average Bonchev–Trinajstić information content (AvgIpc) is 2.49. The molecule has 9 heteroatoms. The Morgan fingerprint density at radius 1 is 1.09 bits per heavy atom. The van der Waals surface area contributed by atoms with Crippen molar-refractivity contribution in [2.45, 2.75) is 6.18 Å². The zero-order valence-electron chi connectivity index (χ0n) is 11.8. The lowest BCUT2D eigenvalue weighted by molar-refractivity contribution is -0.174. The molecule has 1 amide bonds. The molecule has 0 aliphatic rings. The number of aromatic nitrogens is 2. The van der Waals surface area contributed by atoms with Gasteiger partial charge in [-0.25, -0.2) is 9.97 Å². The summed E-state index contributed by atoms with van der Waals surface area (Å²) in [7, 11) is 0. The smallest absolute Gasteiger partial charge is 0.362 e. The molecule has 0 saturated carbocycles. The van der Waals surface area contributed by atoms with E-state index in [2.05, 4.69) is 25.3 Å². The molecule has 0 unspecified atom stereocenters. The van der Waals surface area contributed by atoms with Crippen molar-refractivity contribution in [3.63, 3.8) is 0 Å². The highest BCUT2D eigenvalue weighted by Crippen LogP contribution is 2.17. The third-order valence-electron chi connectivity index (χ3n) is 2.49. The second kappa shape index (κ2) is 7.54. The Hall–Kier alpha value is -2.68. The minimum absolute atomic E-state index is 0.421. The van der Waals surface area contributed by atoms with Gasteiger partial charge in [-0.1, -0.05) is 0 Å². The van der Waals surface area contributed by atoms with Crippen molar-refractivity contribution in [2.75, 3.05) is 23.8 Å². The number of carbonyl (C=O) groups excluding carboxylic acids is 1. The van der Waals surface area contributed by atoms with E-state index in [0.29, 0.717) is 17.3 Å². The monoisotopic (exact) mass is 326 g/mol. The maximum absolute atomic E-state index is 11.9. The number of hydrogen-bond acceptors (Lipinski definition) is 5. The normalized spacial score (nSPS) is 11.1. The molecule has 2 rings (SSSR count). The van der Waals surface area contributed by atoms with Crippen LogP contribution in [0.15, 0.2) is 42.7 Å². The molecule has 0 bridgehead atoms. The van der Waals surface area contributed by atoms with Gasteiger partial charge in [0, 0.05) is 23.8 Å². The van der Waals surface area contributed by atoms with Gasteiger partial charge in [0.25, 0.3) is 0 Å². The highest BCUT2D eigenvalue weighted by molar-refractivity contribution is 5.91. The van der Waals surface area contributed by atoms with Crippen LogP contribution < -0.4 is 10.6 Å². The van der Waals surface area contributed by atoms with E-state index in [1.807, 2.05) is 0 Å². The van der Waals surface area contributed by atoms with Crippen LogP contribution >= 0.6 is 0 Å². The molecular weight excluding hydrogens is 313 g/mol. The van der Waals surface area contributed by atoms with Gasteiger partial charge in [0.05, 0.1) is 0 Å². The maximum Gasteiger partial charge on any atom is 0.411 e. The van der Waals surface area contributed by atoms with E-state index in [-0.39, 0.29) is 0 Å². The minimum atomic E-state index is -4.45. The number of halogens is 3. The molecule has 1 aromatic carbocycles. The Bertz CT molecular complexity index is 633. The van der Waals surface area contributed by atoms with E-state index in [0.717, 1.165) is 0 Å². The molecule has 0 radical (unpaired) electrons. The van der Waals surface area contributed by atoms with Gasteiger partial charge in [-0.2, -0.15) is 13.2 Å². The maximum atomic E-state index is 11.9. The Labute approximate surface area is 129 Å². The highest BCUT2D eigenvalue weighted by Gasteiger charge is 2.27. The first-order chi connectivity index (χ1) is 10.9. The number of anilines is 3. The SMILES string of the molecule is O=C(COCC(F)(F)F)Nc1ccc(Nc2ncccn2)cc1. The summed E-state index contributed by atoms with van der Waals surface area (Å²) < 4.78 is 39.9. The number of hydrogen-bond donors (Lipinski definition) is 2. The van der Waals surface area contributed by atoms with Crippen LogP contribution in [-0.2, 0) is 9.53 Å². The van der Waals surface area contributed by atoms with Crippen LogP contribution in [-0.4, -0.2) is 35.3 Å². The number of benzene rings is 1. The lowest BCUT2D eigenvalue weighted by Gasteiger charge is -2.09. The van der Waals surface area contributed by atoms with Crippen molar-refractivity contribution in [1.82, 2.24) is 9.97 Å². The van der Waals surface area contributed by atoms with E-state index >= 15 is 0 Å². The van der Waals surface area contributed by atoms with Crippen LogP contribution in [0.5, 0.6) is 0 Å². The largest absolute Gasteiger partial charge is 0.411 e. The van der Waals surface area contributed by atoms with Crippen LogP contribution in [0.1, 0.15) is 0 Å². The van der Waals surface area contributed by atoms with Gasteiger partial charge in [-0.05, 0) is 30.3 Å². The molecule has 0 spiro atoms. The molecule has 2 N–H and O–H groups in total. The average molecular weight is 326 g/mol. The molecule has 1 aromatic heterocycles. The predicted molar refractivity (Wildman–Crippen MR) is 77.3 cm³/mol. The molecule has 0 aliphatic heterocycles. The zero-order chi connectivity index (χ0) is 16.7. The Kier molecular flexibility index (Phi) is 5.47. The predicted octanol–water partition coefficient (Wildman–Crippen LogP) is 2.74. The second-order valence-electron chi connectivity index (χ2n) is 4.43. The highest BCUT2D eigenvalue weighted by atomic mass is 19.4. The number of ether oxygens (including phenoxy) is 1. The van der Waals surface area contributed by atoms with Gasteiger partial charge in [-0.15, -0.1) is 0 Å². The summed E-state index contributed by atoms with van der Waals surface area (Å²) in [6, 6.07) is 8.20. The molecule has 23 heavy (non-hydrogen) atoms. The fourth-order valence-corrected chi connectivity index (χ4v) is 1.59. The molecule has 0 atom stereocenters. The summed E-state index contributed by atoms with van der Waals surface area (Å²) in [6.45, 7) is -2.13. The fourth-order valence-electron chi connectivity index (χ4n) is 1.59. The van der Waals surface area contributed by atoms with Crippen molar-refractivity contribution < 1.29 is 22.7 Å². The first-order valence-electron chi connectivity index (χ1n) is 6.51. The third kappa shape index (κ3) is 6.30. The van der Waals surface area contributed by atoms with Gasteiger partial charge in [0.1, 0.15) is 13.2 Å². The minimum Gasteiger partial charge on any atom is -0.362 e.